The van der Waals surface area contributed by atoms with Gasteiger partial charge in [0, 0.05) is 25.1 Å². The number of rotatable bonds is 12. The molecule has 0 spiro atoms. The number of hydrogen-bond donors (Lipinski definition) is 2. The topological polar surface area (TPSA) is 124 Å². The molecular formula is C28H29F6N3O6S. The van der Waals surface area contributed by atoms with Gasteiger partial charge in [0.05, 0.1) is 19.0 Å². The molecule has 9 nitrogen and oxygen atoms in total. The van der Waals surface area contributed by atoms with Gasteiger partial charge in [-0.25, -0.2) is 18.1 Å². The van der Waals surface area contributed by atoms with Crippen LogP contribution >= 0.6 is 0 Å². The summed E-state index contributed by atoms with van der Waals surface area (Å²) in [5.74, 6) is -2.54. The number of halogens is 6. The second-order valence-electron chi connectivity index (χ2n) is 10.5. The highest BCUT2D eigenvalue weighted by Crippen LogP contribution is 2.48. The van der Waals surface area contributed by atoms with Gasteiger partial charge in [-0.3, -0.25) is 9.59 Å². The standard InChI is InChI=1S/C28H29F6N3O6S/c1-42-22-12-5-17(16-35-22)21-15-26(28(32,33)34,36-24(38)23(21)25(39)37-44(40,41)20-10-11-20)18-6-8-19(9-7-18)43-14-4-2-3-13-27(29,30)31/h5-9,12,16,20H,2-4,10-11,13-15H2,1H3,(H,36,38)(H,37,39). The van der Waals surface area contributed by atoms with Gasteiger partial charge >= 0.3 is 12.4 Å². The molecule has 2 N–H and O–H groups in total. The predicted octanol–water partition coefficient (Wildman–Crippen LogP) is 4.93. The molecule has 240 valence electrons. The number of methoxy groups -OCH3 is 1. The third-order valence-electron chi connectivity index (χ3n) is 7.22. The first-order valence-corrected chi connectivity index (χ1v) is 15.1. The Hall–Kier alpha value is -3.82. The fraction of sp³-hybridized carbons (Fsp3) is 0.464. The van der Waals surface area contributed by atoms with Gasteiger partial charge in [-0.15, -0.1) is 0 Å². The highest BCUT2D eigenvalue weighted by atomic mass is 32.2. The number of amides is 2. The molecule has 4 rings (SSSR count). The molecule has 2 amide bonds. The van der Waals surface area contributed by atoms with Crippen molar-refractivity contribution in [2.24, 2.45) is 0 Å². The van der Waals surface area contributed by atoms with Crippen molar-refractivity contribution in [2.75, 3.05) is 13.7 Å². The van der Waals surface area contributed by atoms with Gasteiger partial charge in [0.1, 0.15) is 11.3 Å². The molecule has 1 unspecified atom stereocenters. The number of carbonyl (C=O) groups excluding carboxylic acids is 2. The van der Waals surface area contributed by atoms with Crippen molar-refractivity contribution in [1.82, 2.24) is 15.0 Å². The monoisotopic (exact) mass is 649 g/mol. The first kappa shape index (κ1) is 33.1. The van der Waals surface area contributed by atoms with Crippen LogP contribution in [0.5, 0.6) is 11.6 Å². The Morgan fingerprint density at radius 3 is 2.27 bits per heavy atom. The summed E-state index contributed by atoms with van der Waals surface area (Å²) in [6.45, 7) is 0.0396. The number of nitrogens with one attached hydrogen (secondary N) is 2. The summed E-state index contributed by atoms with van der Waals surface area (Å²) in [6.07, 6.45) is -9.07. The van der Waals surface area contributed by atoms with Crippen LogP contribution < -0.4 is 19.5 Å². The van der Waals surface area contributed by atoms with Crippen molar-refractivity contribution in [3.63, 3.8) is 0 Å². The van der Waals surface area contributed by atoms with E-state index in [-0.39, 0.29) is 42.2 Å². The number of hydrogen-bond acceptors (Lipinski definition) is 7. The van der Waals surface area contributed by atoms with E-state index in [2.05, 4.69) is 4.98 Å². The van der Waals surface area contributed by atoms with Crippen LogP contribution in [0.1, 0.15) is 56.1 Å². The zero-order chi connectivity index (χ0) is 32.3. The Morgan fingerprint density at radius 2 is 1.73 bits per heavy atom. The van der Waals surface area contributed by atoms with E-state index in [9.17, 15) is 44.3 Å². The molecule has 1 saturated carbocycles. The number of nitrogens with zero attached hydrogens (tertiary/aromatic N) is 1. The Labute approximate surface area is 249 Å². The van der Waals surface area contributed by atoms with E-state index in [4.69, 9.17) is 9.47 Å². The molecule has 0 bridgehead atoms. The molecule has 44 heavy (non-hydrogen) atoms. The van der Waals surface area contributed by atoms with E-state index in [0.29, 0.717) is 19.3 Å². The van der Waals surface area contributed by atoms with Crippen molar-refractivity contribution in [3.8, 4) is 11.6 Å². The first-order chi connectivity index (χ1) is 20.6. The fourth-order valence-corrected chi connectivity index (χ4v) is 6.02. The molecule has 2 aromatic rings. The number of benzene rings is 1. The third-order valence-corrected chi connectivity index (χ3v) is 9.04. The summed E-state index contributed by atoms with van der Waals surface area (Å²) >= 11 is 0. The summed E-state index contributed by atoms with van der Waals surface area (Å²) in [6, 6.07) is 7.24. The van der Waals surface area contributed by atoms with Crippen LogP contribution in [0, 0.1) is 0 Å². The molecule has 0 saturated heterocycles. The molecule has 0 radical (unpaired) electrons. The van der Waals surface area contributed by atoms with Crippen molar-refractivity contribution in [1.29, 1.82) is 0 Å². The van der Waals surface area contributed by atoms with Gasteiger partial charge < -0.3 is 14.8 Å². The number of aromatic nitrogens is 1. The van der Waals surface area contributed by atoms with Crippen molar-refractivity contribution >= 4 is 27.4 Å². The van der Waals surface area contributed by atoms with Crippen LogP contribution in [-0.2, 0) is 25.2 Å². The average molecular weight is 650 g/mol. The Morgan fingerprint density at radius 1 is 1.05 bits per heavy atom. The normalized spacial score (nSPS) is 19.4. The second-order valence-corrected chi connectivity index (χ2v) is 12.4. The van der Waals surface area contributed by atoms with Crippen LogP contribution in [0.25, 0.3) is 5.57 Å². The smallest absolute Gasteiger partial charge is 0.416 e. The van der Waals surface area contributed by atoms with E-state index in [1.807, 2.05) is 10.0 Å². The lowest BCUT2D eigenvalue weighted by Crippen LogP contribution is -2.60. The number of ether oxygens (including phenoxy) is 2. The molecule has 1 aliphatic heterocycles. The summed E-state index contributed by atoms with van der Waals surface area (Å²) in [7, 11) is -2.83. The highest BCUT2D eigenvalue weighted by Gasteiger charge is 2.60. The molecule has 1 aromatic heterocycles. The summed E-state index contributed by atoms with van der Waals surface area (Å²) in [4.78, 5) is 30.4. The van der Waals surface area contributed by atoms with Crippen LogP contribution in [-0.4, -0.2) is 56.5 Å². The SMILES string of the molecule is COc1ccc(C2=C(C(=O)NS(=O)(=O)C3CC3)C(=O)NC(c3ccc(OCCCCCC(F)(F)F)cc3)(C(F)(F)F)C2)cn1. The number of sulfonamides is 1. The minimum Gasteiger partial charge on any atom is -0.494 e. The number of pyridine rings is 1. The first-order valence-electron chi connectivity index (χ1n) is 13.6. The lowest BCUT2D eigenvalue weighted by molar-refractivity contribution is -0.201. The molecule has 1 aliphatic carbocycles. The lowest BCUT2D eigenvalue weighted by atomic mass is 9.76. The Balaban J connectivity index is 1.64. The minimum atomic E-state index is -5.10. The van der Waals surface area contributed by atoms with E-state index >= 15 is 0 Å². The molecular weight excluding hydrogens is 620 g/mol. The van der Waals surface area contributed by atoms with Crippen LogP contribution in [0.3, 0.4) is 0 Å². The van der Waals surface area contributed by atoms with Gasteiger partial charge in [-0.1, -0.05) is 12.1 Å². The van der Waals surface area contributed by atoms with Gasteiger partial charge in [0.15, 0.2) is 5.54 Å². The number of alkyl halides is 6. The van der Waals surface area contributed by atoms with Crippen molar-refractivity contribution in [2.45, 2.75) is 68.1 Å². The lowest BCUT2D eigenvalue weighted by Gasteiger charge is -2.41. The van der Waals surface area contributed by atoms with Crippen LogP contribution in [0.15, 0.2) is 48.2 Å². The zero-order valence-electron chi connectivity index (χ0n) is 23.3. The Kier molecular flexibility index (Phi) is 9.51. The average Bonchev–Trinajstić information content (AvgIpc) is 3.80. The van der Waals surface area contributed by atoms with E-state index in [0.717, 1.165) is 18.3 Å². The van der Waals surface area contributed by atoms with E-state index in [1.165, 1.54) is 31.4 Å². The maximum absolute atomic E-state index is 14.9. The van der Waals surface area contributed by atoms with E-state index in [1.54, 1.807) is 0 Å². The molecule has 1 atom stereocenters. The predicted molar refractivity (Wildman–Crippen MR) is 145 cm³/mol. The number of carbonyl (C=O) groups is 2. The van der Waals surface area contributed by atoms with Gasteiger partial charge in [-0.2, -0.15) is 26.3 Å². The van der Waals surface area contributed by atoms with Crippen molar-refractivity contribution < 1.29 is 53.8 Å². The highest BCUT2D eigenvalue weighted by molar-refractivity contribution is 7.91. The summed E-state index contributed by atoms with van der Waals surface area (Å²) < 4.78 is 119. The van der Waals surface area contributed by atoms with Crippen LogP contribution in [0.4, 0.5) is 26.3 Å². The largest absolute Gasteiger partial charge is 0.494 e. The molecule has 1 aromatic carbocycles. The second kappa shape index (κ2) is 12.7. The molecule has 2 aliphatic rings. The van der Waals surface area contributed by atoms with Crippen LogP contribution in [0.2, 0.25) is 0 Å². The summed E-state index contributed by atoms with van der Waals surface area (Å²) in [5.41, 5.74) is -4.65. The quantitative estimate of drug-likeness (QED) is 0.190. The van der Waals surface area contributed by atoms with E-state index < -0.39 is 69.0 Å². The fourth-order valence-electron chi connectivity index (χ4n) is 4.74. The maximum atomic E-state index is 14.9. The van der Waals surface area contributed by atoms with Crippen molar-refractivity contribution in [3.05, 3.63) is 59.3 Å². The van der Waals surface area contributed by atoms with Gasteiger partial charge in [0.25, 0.3) is 11.8 Å². The minimum absolute atomic E-state index is 0.0336. The van der Waals surface area contributed by atoms with Gasteiger partial charge in [-0.05, 0) is 67.0 Å². The van der Waals surface area contributed by atoms with Gasteiger partial charge in [0.2, 0.25) is 15.9 Å². The zero-order valence-corrected chi connectivity index (χ0v) is 24.2. The molecule has 1 fully saturated rings. The Bertz CT molecular complexity index is 1500. The molecule has 2 heterocycles. The molecule has 16 heteroatoms. The summed E-state index contributed by atoms with van der Waals surface area (Å²) in [5, 5.41) is 1.08. The third kappa shape index (κ3) is 7.63. The maximum Gasteiger partial charge on any atom is 0.416 e. The number of unbranched alkanes of at least 4 members (excludes halogenated alkanes) is 2.